The van der Waals surface area contributed by atoms with Gasteiger partial charge in [-0.3, -0.25) is 9.69 Å². The van der Waals surface area contributed by atoms with Gasteiger partial charge in [-0.1, -0.05) is 0 Å². The molecule has 5 heteroatoms. The van der Waals surface area contributed by atoms with Gasteiger partial charge in [-0.2, -0.15) is 0 Å². The smallest absolute Gasteiger partial charge is 0.407 e. The van der Waals surface area contributed by atoms with E-state index in [0.717, 1.165) is 4.90 Å². The van der Waals surface area contributed by atoms with Gasteiger partial charge in [0.25, 0.3) is 0 Å². The second kappa shape index (κ2) is 2.77. The van der Waals surface area contributed by atoms with E-state index in [4.69, 9.17) is 5.11 Å². The summed E-state index contributed by atoms with van der Waals surface area (Å²) in [5.74, 6) is -0.230. The summed E-state index contributed by atoms with van der Waals surface area (Å²) >= 11 is 0. The zero-order valence-electron chi connectivity index (χ0n) is 6.20. The molecule has 62 valence electrons. The third kappa shape index (κ3) is 1.83. The normalized spacial score (nSPS) is 24.6. The van der Waals surface area contributed by atoms with E-state index in [2.05, 4.69) is 5.32 Å². The molecule has 0 aromatic rings. The number of carbonyl (C=O) groups is 2. The highest BCUT2D eigenvalue weighted by Gasteiger charge is 2.24. The average Bonchev–Trinajstić information content (AvgIpc) is 1.85. The molecular formula is C6H10N2O3. The Labute approximate surface area is 64.0 Å². The fraction of sp³-hybridized carbons (Fsp3) is 0.667. The van der Waals surface area contributed by atoms with Crippen molar-refractivity contribution in [2.75, 3.05) is 13.1 Å². The molecule has 0 aromatic heterocycles. The second-order valence-corrected chi connectivity index (χ2v) is 2.63. The molecule has 1 heterocycles. The monoisotopic (exact) mass is 158 g/mol. The van der Waals surface area contributed by atoms with Crippen LogP contribution in [0.3, 0.4) is 0 Å². The van der Waals surface area contributed by atoms with Crippen LogP contribution >= 0.6 is 0 Å². The number of rotatable bonds is 0. The Kier molecular flexibility index (Phi) is 1.98. The Morgan fingerprint density at radius 2 is 2.45 bits per heavy atom. The van der Waals surface area contributed by atoms with E-state index >= 15 is 0 Å². The quantitative estimate of drug-likeness (QED) is 0.498. The number of hydrogen-bond donors (Lipinski definition) is 2. The van der Waals surface area contributed by atoms with E-state index in [0.29, 0.717) is 6.54 Å². The maximum atomic E-state index is 10.8. The lowest BCUT2D eigenvalue weighted by Gasteiger charge is -2.28. The maximum absolute atomic E-state index is 10.8. The first-order valence-electron chi connectivity index (χ1n) is 3.37. The fourth-order valence-corrected chi connectivity index (χ4v) is 1.08. The molecule has 2 N–H and O–H groups in total. The molecule has 1 aliphatic rings. The summed E-state index contributed by atoms with van der Waals surface area (Å²) in [4.78, 5) is 22.3. The third-order valence-corrected chi connectivity index (χ3v) is 1.51. The van der Waals surface area contributed by atoms with Crippen LogP contribution in [-0.2, 0) is 4.79 Å². The van der Waals surface area contributed by atoms with Gasteiger partial charge in [0, 0.05) is 12.6 Å². The van der Waals surface area contributed by atoms with Gasteiger partial charge in [-0.15, -0.1) is 0 Å². The standard InChI is InChI=1S/C6H10N2O3/c1-4-2-8(6(10)11)3-5(9)7-4/h4H,2-3H2,1H3,(H,7,9)(H,10,11)/t4-/m1/s1. The van der Waals surface area contributed by atoms with Crippen LogP contribution in [0, 0.1) is 0 Å². The predicted molar refractivity (Wildman–Crippen MR) is 37.2 cm³/mol. The van der Waals surface area contributed by atoms with Crippen molar-refractivity contribution < 1.29 is 14.7 Å². The van der Waals surface area contributed by atoms with E-state index in [1.165, 1.54) is 0 Å². The third-order valence-electron chi connectivity index (χ3n) is 1.51. The number of hydrogen-bond acceptors (Lipinski definition) is 2. The van der Waals surface area contributed by atoms with Crippen molar-refractivity contribution in [1.29, 1.82) is 0 Å². The van der Waals surface area contributed by atoms with Crippen LogP contribution in [0.25, 0.3) is 0 Å². The lowest BCUT2D eigenvalue weighted by molar-refractivity contribution is -0.124. The van der Waals surface area contributed by atoms with E-state index < -0.39 is 6.09 Å². The van der Waals surface area contributed by atoms with Crippen molar-refractivity contribution >= 4 is 12.0 Å². The van der Waals surface area contributed by atoms with Crippen molar-refractivity contribution in [1.82, 2.24) is 10.2 Å². The average molecular weight is 158 g/mol. The van der Waals surface area contributed by atoms with Gasteiger partial charge in [0.15, 0.2) is 0 Å². The molecule has 11 heavy (non-hydrogen) atoms. The summed E-state index contributed by atoms with van der Waals surface area (Å²) in [7, 11) is 0. The van der Waals surface area contributed by atoms with Crippen molar-refractivity contribution in [3.05, 3.63) is 0 Å². The number of carboxylic acid groups (broad SMARTS) is 1. The van der Waals surface area contributed by atoms with Gasteiger partial charge < -0.3 is 10.4 Å². The molecule has 0 aliphatic carbocycles. The first kappa shape index (κ1) is 7.84. The zero-order chi connectivity index (χ0) is 8.43. The zero-order valence-corrected chi connectivity index (χ0v) is 6.20. The minimum absolute atomic E-state index is 0.0420. The van der Waals surface area contributed by atoms with Crippen molar-refractivity contribution in [3.63, 3.8) is 0 Å². The number of piperazine rings is 1. The molecule has 0 aromatic carbocycles. The summed E-state index contributed by atoms with van der Waals surface area (Å²) in [6.07, 6.45) is -1.04. The van der Waals surface area contributed by atoms with Gasteiger partial charge in [-0.05, 0) is 6.92 Å². The van der Waals surface area contributed by atoms with Gasteiger partial charge in [0.2, 0.25) is 5.91 Å². The molecule has 1 fully saturated rings. The highest BCUT2D eigenvalue weighted by molar-refractivity contribution is 5.83. The van der Waals surface area contributed by atoms with Crippen LogP contribution in [0.5, 0.6) is 0 Å². The first-order chi connectivity index (χ1) is 5.09. The predicted octanol–water partition coefficient (Wildman–Crippen LogP) is -0.515. The lowest BCUT2D eigenvalue weighted by atomic mass is 10.2. The summed E-state index contributed by atoms with van der Waals surface area (Å²) in [5, 5.41) is 11.1. The molecule has 0 saturated carbocycles. The van der Waals surface area contributed by atoms with E-state index in [1.54, 1.807) is 6.92 Å². The second-order valence-electron chi connectivity index (χ2n) is 2.63. The van der Waals surface area contributed by atoms with Gasteiger partial charge in [0.05, 0.1) is 0 Å². The van der Waals surface area contributed by atoms with Crippen LogP contribution in [0.15, 0.2) is 0 Å². The van der Waals surface area contributed by atoms with Crippen molar-refractivity contribution in [3.8, 4) is 0 Å². The van der Waals surface area contributed by atoms with Crippen LogP contribution in [0.1, 0.15) is 6.92 Å². The summed E-state index contributed by atoms with van der Waals surface area (Å²) < 4.78 is 0. The number of nitrogens with zero attached hydrogens (tertiary/aromatic N) is 1. The van der Waals surface area contributed by atoms with Crippen LogP contribution < -0.4 is 5.32 Å². The minimum Gasteiger partial charge on any atom is -0.465 e. The Morgan fingerprint density at radius 3 is 2.91 bits per heavy atom. The Bertz CT molecular complexity index is 192. The van der Waals surface area contributed by atoms with Gasteiger partial charge in [0.1, 0.15) is 6.54 Å². The summed E-state index contributed by atoms with van der Waals surface area (Å²) in [6.45, 7) is 2.10. The number of carbonyl (C=O) groups excluding carboxylic acids is 1. The van der Waals surface area contributed by atoms with E-state index in [-0.39, 0.29) is 18.5 Å². The van der Waals surface area contributed by atoms with E-state index in [9.17, 15) is 9.59 Å². The molecule has 0 spiro atoms. The topological polar surface area (TPSA) is 69.6 Å². The van der Waals surface area contributed by atoms with Crippen molar-refractivity contribution in [2.24, 2.45) is 0 Å². The van der Waals surface area contributed by atoms with E-state index in [1.807, 2.05) is 0 Å². The molecule has 0 radical (unpaired) electrons. The van der Waals surface area contributed by atoms with Crippen LogP contribution in [0.2, 0.25) is 0 Å². The summed E-state index contributed by atoms with van der Waals surface area (Å²) in [5.41, 5.74) is 0. The molecule has 2 amide bonds. The van der Waals surface area contributed by atoms with Gasteiger partial charge in [-0.25, -0.2) is 4.79 Å². The molecule has 1 saturated heterocycles. The molecule has 1 aliphatic heterocycles. The largest absolute Gasteiger partial charge is 0.465 e. The highest BCUT2D eigenvalue weighted by Crippen LogP contribution is 1.98. The highest BCUT2D eigenvalue weighted by atomic mass is 16.4. The van der Waals surface area contributed by atoms with Crippen LogP contribution in [0.4, 0.5) is 4.79 Å². The molecule has 5 nitrogen and oxygen atoms in total. The molecular weight excluding hydrogens is 148 g/mol. The fourth-order valence-electron chi connectivity index (χ4n) is 1.08. The molecule has 0 unspecified atom stereocenters. The van der Waals surface area contributed by atoms with Gasteiger partial charge >= 0.3 is 6.09 Å². The minimum atomic E-state index is -1.04. The Morgan fingerprint density at radius 1 is 1.82 bits per heavy atom. The Hall–Kier alpha value is -1.26. The van der Waals surface area contributed by atoms with Crippen molar-refractivity contribution in [2.45, 2.75) is 13.0 Å². The molecule has 1 rings (SSSR count). The molecule has 0 bridgehead atoms. The Balaban J connectivity index is 2.56. The first-order valence-corrected chi connectivity index (χ1v) is 3.37. The maximum Gasteiger partial charge on any atom is 0.407 e. The molecule has 1 atom stereocenters. The van der Waals surface area contributed by atoms with Crippen LogP contribution in [-0.4, -0.2) is 41.1 Å². The number of nitrogens with one attached hydrogen (secondary N) is 1. The lowest BCUT2D eigenvalue weighted by Crippen LogP contribution is -2.54. The number of amides is 2. The summed E-state index contributed by atoms with van der Waals surface area (Å²) in [6, 6.07) is -0.0765. The SMILES string of the molecule is C[C@@H]1CN(C(=O)O)CC(=O)N1.